The highest BCUT2D eigenvalue weighted by atomic mass is 28.2. The van der Waals surface area contributed by atoms with E-state index in [1.54, 1.807) is 0 Å². The molecule has 1 nitrogen and oxygen atoms in total. The molecule has 0 aromatic carbocycles. The molecule has 0 N–H and O–H groups in total. The van der Waals surface area contributed by atoms with Crippen molar-refractivity contribution in [1.29, 1.82) is 0 Å². The molecule has 3 unspecified atom stereocenters. The van der Waals surface area contributed by atoms with Crippen LogP contribution in [0.25, 0.3) is 0 Å². The fourth-order valence-corrected chi connectivity index (χ4v) is 2.52. The first kappa shape index (κ1) is 29.0. The van der Waals surface area contributed by atoms with Gasteiger partial charge in [-0.05, 0) is 0 Å². The van der Waals surface area contributed by atoms with Crippen molar-refractivity contribution in [3.05, 3.63) is 0 Å². The molecule has 0 spiro atoms. The Kier molecular flexibility index (Phi) is 8.21. The van der Waals surface area contributed by atoms with Gasteiger partial charge in [0.2, 0.25) is 15.9 Å². The quantitative estimate of drug-likeness (QED) is 0.289. The summed E-state index contributed by atoms with van der Waals surface area (Å²) in [5, 5.41) is 0. The lowest BCUT2D eigenvalue weighted by molar-refractivity contribution is -0.432. The zero-order chi connectivity index (χ0) is 24.7. The van der Waals surface area contributed by atoms with Crippen LogP contribution in [0, 0.1) is 0 Å². The van der Waals surface area contributed by atoms with E-state index in [0.717, 1.165) is 0 Å². The van der Waals surface area contributed by atoms with Gasteiger partial charge in [-0.15, -0.1) is 0 Å². The molecule has 0 fully saturated rings. The highest BCUT2D eigenvalue weighted by Crippen LogP contribution is 2.61. The summed E-state index contributed by atoms with van der Waals surface area (Å²) in [6.07, 6.45) is -15.6. The lowest BCUT2D eigenvalue weighted by Crippen LogP contribution is -2.73. The maximum atomic E-state index is 13.4. The third kappa shape index (κ3) is 4.06. The van der Waals surface area contributed by atoms with E-state index in [1.807, 2.05) is 0 Å². The number of rotatable bonds is 11. The first-order valence-electron chi connectivity index (χ1n) is 6.96. The summed E-state index contributed by atoms with van der Waals surface area (Å²) in [7, 11) is -3.16. The second-order valence-corrected chi connectivity index (χ2v) is 7.27. The highest BCUT2D eigenvalue weighted by Gasteiger charge is 2.91. The molecular weight excluding hydrogens is 499 g/mol. The average Bonchev–Trinajstić information content (AvgIpc) is 2.59. The van der Waals surface area contributed by atoms with Gasteiger partial charge >= 0.3 is 35.5 Å². The van der Waals surface area contributed by atoms with Crippen LogP contribution in [0.2, 0.25) is 0 Å². The Bertz CT molecular complexity index is 578. The van der Waals surface area contributed by atoms with Gasteiger partial charge in [0.05, 0.1) is 0 Å². The Labute approximate surface area is 157 Å². The van der Waals surface area contributed by atoms with Crippen LogP contribution in [0.1, 0.15) is 0 Å². The molecule has 0 aliphatic carbocycles. The van der Waals surface area contributed by atoms with Gasteiger partial charge in [-0.1, -0.05) is 0 Å². The summed E-state index contributed by atoms with van der Waals surface area (Å²) >= 11 is 0. The fourth-order valence-electron chi connectivity index (χ4n) is 1.76. The molecule has 0 rings (SSSR count). The standard InChI is InChI=1S/C11H9F17OSi/c1-29-30-5(16)7(19,20)9(23,24)11(27,28)10(25,26)8(21,22)6(17,18)3(13)2(12)4(14)15/h2-5H,30H2,1H3. The monoisotopic (exact) mass is 508 g/mol. The molecule has 0 heterocycles. The van der Waals surface area contributed by atoms with Crippen LogP contribution in [0.15, 0.2) is 0 Å². The number of halogens is 17. The average molecular weight is 508 g/mol. The van der Waals surface area contributed by atoms with Crippen molar-refractivity contribution in [3.8, 4) is 0 Å². The van der Waals surface area contributed by atoms with Crippen molar-refractivity contribution in [2.24, 2.45) is 0 Å². The minimum Gasteiger partial charge on any atom is -0.424 e. The molecule has 0 bridgehead atoms. The summed E-state index contributed by atoms with van der Waals surface area (Å²) in [4.78, 5) is 0. The molecule has 0 aliphatic rings. The summed E-state index contributed by atoms with van der Waals surface area (Å²) in [6, 6.07) is 0. The molecule has 0 radical (unpaired) electrons. The van der Waals surface area contributed by atoms with E-state index in [-0.39, 0.29) is 0 Å². The number of hydrogen-bond donors (Lipinski definition) is 0. The molecular formula is C11H9F17OSi. The topological polar surface area (TPSA) is 9.23 Å². The predicted molar refractivity (Wildman–Crippen MR) is 65.9 cm³/mol. The molecule has 0 aliphatic heterocycles. The normalized spacial score (nSPS) is 18.9. The molecule has 0 aromatic rings. The van der Waals surface area contributed by atoms with E-state index < -0.39 is 69.9 Å². The first-order chi connectivity index (χ1) is 13.0. The zero-order valence-electron chi connectivity index (χ0n) is 13.9. The second-order valence-electron chi connectivity index (χ2n) is 5.65. The van der Waals surface area contributed by atoms with Gasteiger partial charge in [-0.2, -0.15) is 52.7 Å². The molecule has 182 valence electrons. The van der Waals surface area contributed by atoms with E-state index >= 15 is 0 Å². The number of hydrogen-bond acceptors (Lipinski definition) is 1. The van der Waals surface area contributed by atoms with Gasteiger partial charge < -0.3 is 4.43 Å². The third-order valence-electron chi connectivity index (χ3n) is 3.59. The van der Waals surface area contributed by atoms with E-state index in [0.29, 0.717) is 7.11 Å². The van der Waals surface area contributed by atoms with Crippen molar-refractivity contribution in [3.63, 3.8) is 0 Å². The van der Waals surface area contributed by atoms with Crippen LogP contribution in [0.5, 0.6) is 0 Å². The van der Waals surface area contributed by atoms with Crippen LogP contribution >= 0.6 is 0 Å². The minimum absolute atomic E-state index is 0.381. The number of alkyl halides is 17. The van der Waals surface area contributed by atoms with Gasteiger partial charge in [0.1, 0.15) is 0 Å². The van der Waals surface area contributed by atoms with E-state index in [1.165, 1.54) is 0 Å². The van der Waals surface area contributed by atoms with E-state index in [4.69, 9.17) is 0 Å². The molecule has 3 atom stereocenters. The molecule has 0 aromatic heterocycles. The molecule has 0 saturated carbocycles. The summed E-state index contributed by atoms with van der Waals surface area (Å²) in [5.74, 6) is -51.4. The largest absolute Gasteiger partial charge is 0.424 e. The lowest BCUT2D eigenvalue weighted by Gasteiger charge is -2.42. The van der Waals surface area contributed by atoms with Crippen LogP contribution < -0.4 is 0 Å². The van der Waals surface area contributed by atoms with Crippen molar-refractivity contribution in [2.75, 3.05) is 7.11 Å². The SMILES string of the molecule is CO[SiH2]C(F)C(F)(F)C(F)(F)C(F)(F)C(F)(F)C(F)(F)C(F)(F)C(F)C(F)C(F)F. The molecule has 0 saturated heterocycles. The van der Waals surface area contributed by atoms with Gasteiger partial charge in [-0.25, -0.2) is 22.0 Å². The first-order valence-corrected chi connectivity index (χ1v) is 8.35. The predicted octanol–water partition coefficient (Wildman–Crippen LogP) is 4.77. The van der Waals surface area contributed by atoms with Crippen LogP contribution in [-0.4, -0.2) is 77.0 Å². The van der Waals surface area contributed by atoms with Gasteiger partial charge in [0.15, 0.2) is 12.0 Å². The Morgan fingerprint density at radius 1 is 0.567 bits per heavy atom. The van der Waals surface area contributed by atoms with Gasteiger partial charge in [-0.3, -0.25) is 0 Å². The zero-order valence-corrected chi connectivity index (χ0v) is 15.3. The van der Waals surface area contributed by atoms with E-state index in [2.05, 4.69) is 4.43 Å². The van der Waals surface area contributed by atoms with Crippen LogP contribution in [0.3, 0.4) is 0 Å². The fraction of sp³-hybridized carbons (Fsp3) is 1.00. The van der Waals surface area contributed by atoms with Crippen LogP contribution in [0.4, 0.5) is 74.6 Å². The molecule has 19 heteroatoms. The molecule has 30 heavy (non-hydrogen) atoms. The lowest BCUT2D eigenvalue weighted by atomic mass is 9.89. The van der Waals surface area contributed by atoms with Crippen molar-refractivity contribution < 1.29 is 79.1 Å². The maximum Gasteiger partial charge on any atom is 0.384 e. The molecule has 0 amide bonds. The highest BCUT2D eigenvalue weighted by molar-refractivity contribution is 6.29. The summed E-state index contributed by atoms with van der Waals surface area (Å²) < 4.78 is 225. The second kappa shape index (κ2) is 8.49. The van der Waals surface area contributed by atoms with Crippen molar-refractivity contribution >= 4 is 9.76 Å². The minimum atomic E-state index is -8.34. The van der Waals surface area contributed by atoms with Gasteiger partial charge in [0.25, 0.3) is 6.43 Å². The summed E-state index contributed by atoms with van der Waals surface area (Å²) in [6.45, 7) is 0. The Balaban J connectivity index is 6.47. The third-order valence-corrected chi connectivity index (χ3v) is 4.73. The Hall–Kier alpha value is -1.01. The van der Waals surface area contributed by atoms with Crippen LogP contribution in [-0.2, 0) is 4.43 Å². The van der Waals surface area contributed by atoms with Crippen molar-refractivity contribution in [2.45, 2.75) is 60.1 Å². The Morgan fingerprint density at radius 3 is 1.20 bits per heavy atom. The van der Waals surface area contributed by atoms with E-state index in [9.17, 15) is 74.6 Å². The summed E-state index contributed by atoms with van der Waals surface area (Å²) in [5.41, 5.74) is 0. The maximum absolute atomic E-state index is 13.4. The van der Waals surface area contributed by atoms with Gasteiger partial charge in [0, 0.05) is 7.11 Å². The van der Waals surface area contributed by atoms with Crippen molar-refractivity contribution in [1.82, 2.24) is 0 Å². The Morgan fingerprint density at radius 2 is 0.900 bits per heavy atom. The smallest absolute Gasteiger partial charge is 0.384 e.